The normalized spacial score (nSPS) is 13.4. The predicted molar refractivity (Wildman–Crippen MR) is 82.2 cm³/mol. The maximum atomic E-state index is 12.2. The molecule has 6 heteroatoms. The molecule has 0 atom stereocenters. The lowest BCUT2D eigenvalue weighted by molar-refractivity contribution is 0.0526. The van der Waals surface area contributed by atoms with E-state index in [4.69, 9.17) is 9.47 Å². The van der Waals surface area contributed by atoms with Crippen molar-refractivity contribution in [1.82, 2.24) is 0 Å². The summed E-state index contributed by atoms with van der Waals surface area (Å²) < 4.78 is 10.2. The Labute approximate surface area is 128 Å². The number of aryl methyl sites for hydroxylation is 1. The van der Waals surface area contributed by atoms with Crippen LogP contribution in [-0.2, 0) is 22.3 Å². The summed E-state index contributed by atoms with van der Waals surface area (Å²) in [5, 5.41) is 3.26. The summed E-state index contributed by atoms with van der Waals surface area (Å²) in [5.74, 6) is -0.359. The molecule has 0 saturated heterocycles. The maximum Gasteiger partial charge on any atom is 0.412 e. The lowest BCUT2D eigenvalue weighted by atomic mass is 9.95. The number of thiophene rings is 1. The van der Waals surface area contributed by atoms with Crippen LogP contribution in [0.5, 0.6) is 0 Å². The number of carbonyl (C=O) groups excluding carboxylic acids is 2. The van der Waals surface area contributed by atoms with Gasteiger partial charge in [-0.25, -0.2) is 9.59 Å². The van der Waals surface area contributed by atoms with E-state index in [1.165, 1.54) is 16.2 Å². The number of anilines is 1. The van der Waals surface area contributed by atoms with E-state index in [0.717, 1.165) is 37.7 Å². The monoisotopic (exact) mass is 311 g/mol. The third kappa shape index (κ3) is 3.75. The van der Waals surface area contributed by atoms with Crippen molar-refractivity contribution in [3.63, 3.8) is 0 Å². The van der Waals surface area contributed by atoms with Crippen molar-refractivity contribution in [1.29, 1.82) is 0 Å². The highest BCUT2D eigenvalue weighted by atomic mass is 32.1. The molecule has 116 valence electrons. The van der Waals surface area contributed by atoms with Gasteiger partial charge in [-0.3, -0.25) is 5.32 Å². The van der Waals surface area contributed by atoms with Crippen molar-refractivity contribution in [2.24, 2.45) is 0 Å². The van der Waals surface area contributed by atoms with Gasteiger partial charge >= 0.3 is 12.1 Å². The molecule has 1 aliphatic rings. The van der Waals surface area contributed by atoms with Crippen LogP contribution in [-0.4, -0.2) is 25.3 Å². The molecule has 1 heterocycles. The Morgan fingerprint density at radius 1 is 1.19 bits per heavy atom. The van der Waals surface area contributed by atoms with Gasteiger partial charge in [0.25, 0.3) is 0 Å². The number of fused-ring (bicyclic) bond motifs is 1. The van der Waals surface area contributed by atoms with Crippen molar-refractivity contribution in [3.8, 4) is 0 Å². The quantitative estimate of drug-likeness (QED) is 0.841. The van der Waals surface area contributed by atoms with Crippen LogP contribution in [0.4, 0.5) is 9.80 Å². The zero-order valence-electron chi connectivity index (χ0n) is 12.5. The first-order chi connectivity index (χ1) is 10.2. The zero-order chi connectivity index (χ0) is 15.2. The summed E-state index contributed by atoms with van der Waals surface area (Å²) in [7, 11) is 0. The Morgan fingerprint density at radius 3 is 2.67 bits per heavy atom. The van der Waals surface area contributed by atoms with Gasteiger partial charge in [0.1, 0.15) is 5.00 Å². The second-order valence-electron chi connectivity index (χ2n) is 4.90. The topological polar surface area (TPSA) is 64.6 Å². The largest absolute Gasteiger partial charge is 0.462 e. The minimum Gasteiger partial charge on any atom is -0.462 e. The molecular weight excluding hydrogens is 290 g/mol. The number of hydrogen-bond donors (Lipinski definition) is 1. The number of esters is 1. The van der Waals surface area contributed by atoms with Crippen LogP contribution in [0.1, 0.15) is 53.9 Å². The summed E-state index contributed by atoms with van der Waals surface area (Å²) in [6, 6.07) is 0. The van der Waals surface area contributed by atoms with Crippen molar-refractivity contribution < 1.29 is 19.1 Å². The van der Waals surface area contributed by atoms with Crippen LogP contribution < -0.4 is 5.32 Å². The molecule has 0 bridgehead atoms. The molecule has 0 aliphatic heterocycles. The standard InChI is InChI=1S/C15H21NO4S/c1-3-9-20-15(18)16-13-12(14(17)19-4-2)10-7-5-6-8-11(10)21-13/h3-9H2,1-2H3,(H,16,18). The van der Waals surface area contributed by atoms with Gasteiger partial charge in [0.2, 0.25) is 0 Å². The highest BCUT2D eigenvalue weighted by molar-refractivity contribution is 7.17. The molecule has 0 radical (unpaired) electrons. The summed E-state index contributed by atoms with van der Waals surface area (Å²) >= 11 is 1.47. The van der Waals surface area contributed by atoms with E-state index in [-0.39, 0.29) is 5.97 Å². The van der Waals surface area contributed by atoms with Gasteiger partial charge < -0.3 is 9.47 Å². The molecule has 1 aromatic heterocycles. The third-order valence-corrected chi connectivity index (χ3v) is 4.51. The predicted octanol–water partition coefficient (Wildman–Crippen LogP) is 3.76. The van der Waals surface area contributed by atoms with E-state index in [0.29, 0.717) is 23.8 Å². The van der Waals surface area contributed by atoms with Gasteiger partial charge in [0.05, 0.1) is 18.8 Å². The van der Waals surface area contributed by atoms with Crippen molar-refractivity contribution in [3.05, 3.63) is 16.0 Å². The molecule has 1 N–H and O–H groups in total. The highest BCUT2D eigenvalue weighted by Gasteiger charge is 2.27. The summed E-state index contributed by atoms with van der Waals surface area (Å²) in [5.41, 5.74) is 1.56. The molecule has 1 aromatic rings. The number of carbonyl (C=O) groups is 2. The second kappa shape index (κ2) is 7.45. The lowest BCUT2D eigenvalue weighted by Gasteiger charge is -2.12. The number of nitrogens with one attached hydrogen (secondary N) is 1. The summed E-state index contributed by atoms with van der Waals surface area (Å²) in [6.45, 7) is 4.40. The van der Waals surface area contributed by atoms with Gasteiger partial charge in [-0.05, 0) is 44.6 Å². The Kier molecular flexibility index (Phi) is 5.61. The van der Waals surface area contributed by atoms with Gasteiger partial charge in [-0.15, -0.1) is 11.3 Å². The van der Waals surface area contributed by atoms with Crippen molar-refractivity contribution in [2.75, 3.05) is 18.5 Å². The molecular formula is C15H21NO4S. The average Bonchev–Trinajstić information content (AvgIpc) is 2.83. The molecule has 0 spiro atoms. The highest BCUT2D eigenvalue weighted by Crippen LogP contribution is 2.38. The Hall–Kier alpha value is -1.56. The molecule has 5 nitrogen and oxygen atoms in total. The maximum absolute atomic E-state index is 12.2. The lowest BCUT2D eigenvalue weighted by Crippen LogP contribution is -2.17. The smallest absolute Gasteiger partial charge is 0.412 e. The Morgan fingerprint density at radius 2 is 1.95 bits per heavy atom. The molecule has 0 fully saturated rings. The number of rotatable bonds is 5. The van der Waals surface area contributed by atoms with E-state index in [9.17, 15) is 9.59 Å². The first kappa shape index (κ1) is 15.8. The van der Waals surface area contributed by atoms with Crippen molar-refractivity contribution >= 4 is 28.4 Å². The van der Waals surface area contributed by atoms with Crippen LogP contribution >= 0.6 is 11.3 Å². The molecule has 0 saturated carbocycles. The van der Waals surface area contributed by atoms with Crippen LogP contribution in [0.25, 0.3) is 0 Å². The van der Waals surface area contributed by atoms with Crippen molar-refractivity contribution in [2.45, 2.75) is 46.0 Å². The van der Waals surface area contributed by atoms with Gasteiger partial charge in [-0.2, -0.15) is 0 Å². The van der Waals surface area contributed by atoms with Crippen LogP contribution in [0, 0.1) is 0 Å². The molecule has 2 rings (SSSR count). The van der Waals surface area contributed by atoms with E-state index < -0.39 is 6.09 Å². The SMILES string of the molecule is CCCOC(=O)Nc1sc2c(c1C(=O)OCC)CCCC2. The molecule has 1 amide bonds. The minimum atomic E-state index is -0.513. The fourth-order valence-electron chi connectivity index (χ4n) is 2.40. The Balaban J connectivity index is 2.24. The fraction of sp³-hybridized carbons (Fsp3) is 0.600. The molecule has 0 aromatic carbocycles. The summed E-state index contributed by atoms with van der Waals surface area (Å²) in [6.07, 6.45) is 4.26. The average molecular weight is 311 g/mol. The second-order valence-corrected chi connectivity index (χ2v) is 6.00. The zero-order valence-corrected chi connectivity index (χ0v) is 13.3. The van der Waals surface area contributed by atoms with E-state index >= 15 is 0 Å². The molecule has 1 aliphatic carbocycles. The number of hydrogen-bond acceptors (Lipinski definition) is 5. The van der Waals surface area contributed by atoms with Crippen LogP contribution in [0.3, 0.4) is 0 Å². The van der Waals surface area contributed by atoms with E-state index in [1.807, 2.05) is 6.92 Å². The first-order valence-corrected chi connectivity index (χ1v) is 8.24. The molecule has 21 heavy (non-hydrogen) atoms. The van der Waals surface area contributed by atoms with Crippen LogP contribution in [0.15, 0.2) is 0 Å². The molecule has 0 unspecified atom stereocenters. The number of amides is 1. The number of ether oxygens (including phenoxy) is 2. The van der Waals surface area contributed by atoms with E-state index in [1.54, 1.807) is 6.92 Å². The minimum absolute atomic E-state index is 0.323. The van der Waals surface area contributed by atoms with E-state index in [2.05, 4.69) is 5.32 Å². The fourth-order valence-corrected chi connectivity index (χ4v) is 3.66. The Bertz CT molecular complexity index is 524. The third-order valence-electron chi connectivity index (χ3n) is 3.30. The first-order valence-electron chi connectivity index (χ1n) is 7.42. The van der Waals surface area contributed by atoms with Crippen LogP contribution in [0.2, 0.25) is 0 Å². The van der Waals surface area contributed by atoms with Gasteiger partial charge in [0.15, 0.2) is 0 Å². The van der Waals surface area contributed by atoms with Gasteiger partial charge in [0, 0.05) is 4.88 Å². The summed E-state index contributed by atoms with van der Waals surface area (Å²) in [4.78, 5) is 25.1. The van der Waals surface area contributed by atoms with Gasteiger partial charge in [-0.1, -0.05) is 6.92 Å².